The van der Waals surface area contributed by atoms with Crippen LogP contribution in [0.5, 0.6) is 0 Å². The van der Waals surface area contributed by atoms with Gasteiger partial charge < -0.3 is 25.0 Å². The fourth-order valence-electron chi connectivity index (χ4n) is 5.44. The molecule has 3 aliphatic rings. The minimum atomic E-state index is -1.45. The average Bonchev–Trinajstić information content (AvgIpc) is 3.69. The van der Waals surface area contributed by atoms with E-state index in [2.05, 4.69) is 0 Å². The number of anilines is 2. The number of hydrogen-bond donors (Lipinski definition) is 2. The van der Waals surface area contributed by atoms with Crippen molar-refractivity contribution in [2.75, 3.05) is 29.4 Å². The van der Waals surface area contributed by atoms with Crippen LogP contribution in [0.2, 0.25) is 0 Å². The van der Waals surface area contributed by atoms with E-state index in [9.17, 15) is 24.3 Å². The second-order valence-electron chi connectivity index (χ2n) is 10.1. The topological polar surface area (TPSA) is 135 Å². The first-order chi connectivity index (χ1) is 18.6. The Morgan fingerprint density at radius 3 is 2.41 bits per heavy atom. The van der Waals surface area contributed by atoms with E-state index in [0.717, 1.165) is 23.4 Å². The molecule has 0 bridgehead atoms. The second-order valence-corrected chi connectivity index (χ2v) is 10.1. The number of benzene rings is 2. The number of nitrogens with two attached hydrogens (primary N) is 1. The van der Waals surface area contributed by atoms with Gasteiger partial charge in [-0.15, -0.1) is 0 Å². The summed E-state index contributed by atoms with van der Waals surface area (Å²) < 4.78 is 38.0. The van der Waals surface area contributed by atoms with Gasteiger partial charge in [-0.2, -0.15) is 0 Å². The summed E-state index contributed by atoms with van der Waals surface area (Å²) in [5, 5.41) is 9.15. The molecule has 2 fully saturated rings. The predicted octanol–water partition coefficient (Wildman–Crippen LogP) is 2.73. The molecule has 2 amide bonds. The highest BCUT2D eigenvalue weighted by Gasteiger charge is 2.36. The van der Waals surface area contributed by atoms with Crippen LogP contribution in [0.25, 0.3) is 10.9 Å². The van der Waals surface area contributed by atoms with Crippen molar-refractivity contribution in [2.24, 2.45) is 5.73 Å². The Labute approximate surface area is 220 Å². The van der Waals surface area contributed by atoms with Gasteiger partial charge >= 0.3 is 12.1 Å². The van der Waals surface area contributed by atoms with Gasteiger partial charge in [-0.05, 0) is 55.0 Å². The normalized spacial score (nSPS) is 19.1. The van der Waals surface area contributed by atoms with E-state index in [0.29, 0.717) is 37.9 Å². The number of carboxylic acids is 1. The van der Waals surface area contributed by atoms with Crippen molar-refractivity contribution in [3.63, 3.8) is 0 Å². The van der Waals surface area contributed by atoms with E-state index < -0.39 is 46.7 Å². The fraction of sp³-hybridized carbons (Fsp3) is 0.333. The summed E-state index contributed by atoms with van der Waals surface area (Å²) in [7, 11) is 0. The van der Waals surface area contributed by atoms with Gasteiger partial charge in [0.15, 0.2) is 11.9 Å². The first kappa shape index (κ1) is 24.8. The molecule has 0 unspecified atom stereocenters. The summed E-state index contributed by atoms with van der Waals surface area (Å²) in [5.41, 5.74) is 5.82. The highest BCUT2D eigenvalue weighted by molar-refractivity contribution is 5.95. The molecule has 6 rings (SSSR count). The maximum absolute atomic E-state index is 16.1. The second kappa shape index (κ2) is 9.07. The van der Waals surface area contributed by atoms with Gasteiger partial charge in [-0.1, -0.05) is 6.07 Å². The van der Waals surface area contributed by atoms with Crippen molar-refractivity contribution in [1.29, 1.82) is 0 Å². The lowest BCUT2D eigenvalue weighted by molar-refractivity contribution is -0.124. The number of aromatic carboxylic acids is 1. The number of hydrogen-bond acceptors (Lipinski definition) is 6. The van der Waals surface area contributed by atoms with E-state index in [1.54, 1.807) is 17.0 Å². The van der Waals surface area contributed by atoms with Crippen molar-refractivity contribution >= 4 is 40.2 Å². The van der Waals surface area contributed by atoms with Crippen LogP contribution in [-0.2, 0) is 22.4 Å². The summed E-state index contributed by atoms with van der Waals surface area (Å²) in [6.07, 6.45) is 1.72. The van der Waals surface area contributed by atoms with Gasteiger partial charge in [0.1, 0.15) is 17.1 Å². The molecule has 0 spiro atoms. The van der Waals surface area contributed by atoms with Gasteiger partial charge in [0.2, 0.25) is 5.43 Å². The summed E-state index contributed by atoms with van der Waals surface area (Å²) in [6.45, 7) is 0.548. The molecule has 3 N–H and O–H groups in total. The molecular formula is C27H24F2N4O6. The number of carbonyl (C=O) groups excluding carboxylic acids is 2. The quantitative estimate of drug-likeness (QED) is 0.510. The third-order valence-corrected chi connectivity index (χ3v) is 7.60. The Balaban J connectivity index is 1.34. The third-order valence-electron chi connectivity index (χ3n) is 7.60. The number of ether oxygens (including phenoxy) is 1. The number of carboxylic acid groups (broad SMARTS) is 1. The van der Waals surface area contributed by atoms with E-state index in [-0.39, 0.29) is 35.7 Å². The summed E-state index contributed by atoms with van der Waals surface area (Å²) in [4.78, 5) is 51.0. The van der Waals surface area contributed by atoms with Gasteiger partial charge in [0, 0.05) is 31.0 Å². The molecule has 202 valence electrons. The first-order valence-corrected chi connectivity index (χ1v) is 12.6. The Bertz CT molecular complexity index is 1630. The highest BCUT2D eigenvalue weighted by Crippen LogP contribution is 2.40. The first-order valence-electron chi connectivity index (χ1n) is 12.6. The average molecular weight is 539 g/mol. The van der Waals surface area contributed by atoms with E-state index >= 15 is 8.78 Å². The van der Waals surface area contributed by atoms with Crippen LogP contribution in [-0.4, -0.2) is 53.4 Å². The van der Waals surface area contributed by atoms with Crippen LogP contribution in [0.4, 0.5) is 25.0 Å². The monoisotopic (exact) mass is 538 g/mol. The maximum Gasteiger partial charge on any atom is 0.415 e. The number of carbonyl (C=O) groups is 3. The molecule has 3 heterocycles. The SMILES string of the molecule is NC(=O)[C@H]1CN(c2ccc3c(c2)CCN(c2c(F)cc4c(=O)c(C(=O)O)cn(C5CC5)c4c2F)CC3)C(=O)O1. The van der Waals surface area contributed by atoms with Crippen LogP contribution in [0.3, 0.4) is 0 Å². The number of nitrogens with zero attached hydrogens (tertiary/aromatic N) is 3. The van der Waals surface area contributed by atoms with Gasteiger partial charge in [0.05, 0.1) is 17.4 Å². The van der Waals surface area contributed by atoms with Crippen LogP contribution >= 0.6 is 0 Å². The highest BCUT2D eigenvalue weighted by atomic mass is 19.1. The zero-order valence-electron chi connectivity index (χ0n) is 20.7. The van der Waals surface area contributed by atoms with Crippen molar-refractivity contribution in [1.82, 2.24) is 4.57 Å². The molecule has 2 aliphatic heterocycles. The molecule has 39 heavy (non-hydrogen) atoms. The molecule has 1 saturated carbocycles. The fourth-order valence-corrected chi connectivity index (χ4v) is 5.44. The van der Waals surface area contributed by atoms with Gasteiger partial charge in [-0.3, -0.25) is 14.5 Å². The molecule has 3 aromatic rings. The van der Waals surface area contributed by atoms with Crippen LogP contribution in [0, 0.1) is 11.6 Å². The Morgan fingerprint density at radius 2 is 1.77 bits per heavy atom. The van der Waals surface area contributed by atoms with Crippen molar-refractivity contribution in [2.45, 2.75) is 37.8 Å². The standard InChI is InChI=1S/C27H24F2N4O6/c28-19-10-17-22(32(15-3-4-15)11-18(24(17)34)26(36)37)21(29)23(19)31-7-5-13-1-2-16(9-14(13)6-8-31)33-12-20(25(30)35)39-27(33)38/h1-2,9-11,15,20H,3-8,12H2,(H2,30,35)(H,36,37)/t20-/m1/s1. The lowest BCUT2D eigenvalue weighted by atomic mass is 10.0. The number of cyclic esters (lactones) is 1. The lowest BCUT2D eigenvalue weighted by Gasteiger charge is -2.25. The van der Waals surface area contributed by atoms with E-state index in [4.69, 9.17) is 10.5 Å². The zero-order chi connectivity index (χ0) is 27.6. The summed E-state index contributed by atoms with van der Waals surface area (Å²) >= 11 is 0. The minimum Gasteiger partial charge on any atom is -0.477 e. The van der Waals surface area contributed by atoms with Gasteiger partial charge in [0.25, 0.3) is 5.91 Å². The van der Waals surface area contributed by atoms with E-state index in [1.165, 1.54) is 9.47 Å². The molecule has 1 aromatic heterocycles. The number of halogens is 2. The Kier molecular flexibility index (Phi) is 5.77. The smallest absolute Gasteiger partial charge is 0.415 e. The number of aromatic nitrogens is 1. The zero-order valence-corrected chi connectivity index (χ0v) is 20.7. The number of primary amides is 1. The number of amides is 2. The van der Waals surface area contributed by atoms with Crippen LogP contribution in [0.1, 0.15) is 40.4 Å². The Hall–Kier alpha value is -4.48. The molecule has 12 heteroatoms. The lowest BCUT2D eigenvalue weighted by Crippen LogP contribution is -2.32. The van der Waals surface area contributed by atoms with Crippen molar-refractivity contribution in [3.05, 3.63) is 69.0 Å². The number of pyridine rings is 1. The molecular weight excluding hydrogens is 514 g/mol. The maximum atomic E-state index is 16.1. The van der Waals surface area contributed by atoms with Gasteiger partial charge in [-0.25, -0.2) is 18.4 Å². The van der Waals surface area contributed by atoms with Crippen molar-refractivity contribution < 1.29 is 33.0 Å². The summed E-state index contributed by atoms with van der Waals surface area (Å²) in [6, 6.07) is 6.15. The van der Waals surface area contributed by atoms with Crippen molar-refractivity contribution in [3.8, 4) is 0 Å². The van der Waals surface area contributed by atoms with Crippen LogP contribution in [0.15, 0.2) is 35.3 Å². The summed E-state index contributed by atoms with van der Waals surface area (Å²) in [5.74, 6) is -4.01. The molecule has 1 aliphatic carbocycles. The molecule has 1 atom stereocenters. The molecule has 2 aromatic carbocycles. The molecule has 0 radical (unpaired) electrons. The largest absolute Gasteiger partial charge is 0.477 e. The van der Waals surface area contributed by atoms with E-state index in [1.807, 2.05) is 6.07 Å². The number of rotatable bonds is 5. The van der Waals surface area contributed by atoms with Crippen LogP contribution < -0.4 is 21.0 Å². The predicted molar refractivity (Wildman–Crippen MR) is 136 cm³/mol. The minimum absolute atomic E-state index is 0.00111. The number of fused-ring (bicyclic) bond motifs is 2. The third kappa shape index (κ3) is 4.16. The Morgan fingerprint density at radius 1 is 1.05 bits per heavy atom. The molecule has 1 saturated heterocycles. The molecule has 10 nitrogen and oxygen atoms in total.